The van der Waals surface area contributed by atoms with Gasteiger partial charge in [0.1, 0.15) is 0 Å². The Bertz CT molecular complexity index is 672. The number of H-pyrrole nitrogens is 1. The minimum absolute atomic E-state index is 0.755. The molecule has 0 aliphatic heterocycles. The molecule has 0 saturated carbocycles. The third-order valence-corrected chi connectivity index (χ3v) is 2.87. The fourth-order valence-corrected chi connectivity index (χ4v) is 1.95. The largest absolute Gasteiger partial charge is 0.399 e. The number of anilines is 2. The Kier molecular flexibility index (Phi) is 2.61. The molecule has 0 fully saturated rings. The molecule has 4 nitrogen and oxygen atoms in total. The van der Waals surface area contributed by atoms with E-state index in [-0.39, 0.29) is 0 Å². The number of nitrogens with two attached hydrogens (primary N) is 1. The highest BCUT2D eigenvalue weighted by Crippen LogP contribution is 2.16. The Morgan fingerprint density at radius 1 is 1.17 bits per heavy atom. The summed E-state index contributed by atoms with van der Waals surface area (Å²) in [6.45, 7) is 0.755. The predicted octanol–water partition coefficient (Wildman–Crippen LogP) is 2.76. The van der Waals surface area contributed by atoms with Crippen LogP contribution in [0.3, 0.4) is 0 Å². The van der Waals surface area contributed by atoms with Gasteiger partial charge in [0.15, 0.2) is 0 Å². The molecule has 3 rings (SSSR count). The van der Waals surface area contributed by atoms with Crippen LogP contribution in [0.15, 0.2) is 48.8 Å². The van der Waals surface area contributed by atoms with E-state index in [0.29, 0.717) is 0 Å². The second-order valence-corrected chi connectivity index (χ2v) is 4.23. The molecule has 0 amide bonds. The van der Waals surface area contributed by atoms with Gasteiger partial charge in [-0.15, -0.1) is 0 Å². The van der Waals surface area contributed by atoms with Crippen LogP contribution in [-0.4, -0.2) is 9.97 Å². The summed E-state index contributed by atoms with van der Waals surface area (Å²) >= 11 is 0. The van der Waals surface area contributed by atoms with Crippen LogP contribution < -0.4 is 11.1 Å². The fourth-order valence-electron chi connectivity index (χ4n) is 1.95. The monoisotopic (exact) mass is 238 g/mol. The number of imidazole rings is 1. The molecule has 4 N–H and O–H groups in total. The first-order chi connectivity index (χ1) is 8.81. The molecule has 0 saturated heterocycles. The summed E-state index contributed by atoms with van der Waals surface area (Å²) in [4.78, 5) is 7.29. The number of aromatic nitrogens is 2. The van der Waals surface area contributed by atoms with Crippen molar-refractivity contribution in [2.24, 2.45) is 0 Å². The summed E-state index contributed by atoms with van der Waals surface area (Å²) in [5.74, 6) is 0. The summed E-state index contributed by atoms with van der Waals surface area (Å²) in [5, 5.41) is 3.37. The number of hydrogen-bond donors (Lipinski definition) is 3. The van der Waals surface area contributed by atoms with Gasteiger partial charge in [-0.05, 0) is 35.9 Å². The molecular formula is C14H14N4. The first-order valence-electron chi connectivity index (χ1n) is 5.83. The van der Waals surface area contributed by atoms with Crippen LogP contribution in [-0.2, 0) is 6.54 Å². The molecule has 1 heterocycles. The first kappa shape index (κ1) is 10.7. The third kappa shape index (κ3) is 2.13. The van der Waals surface area contributed by atoms with E-state index in [4.69, 9.17) is 5.73 Å². The fraction of sp³-hybridized carbons (Fsp3) is 0.0714. The van der Waals surface area contributed by atoms with Crippen LogP contribution in [0.4, 0.5) is 11.4 Å². The number of fused-ring (bicyclic) bond motifs is 1. The van der Waals surface area contributed by atoms with Gasteiger partial charge < -0.3 is 16.0 Å². The van der Waals surface area contributed by atoms with Gasteiger partial charge in [-0.25, -0.2) is 4.98 Å². The molecule has 3 aromatic rings. The molecule has 0 bridgehead atoms. The van der Waals surface area contributed by atoms with Gasteiger partial charge in [-0.2, -0.15) is 0 Å². The summed E-state index contributed by atoms with van der Waals surface area (Å²) in [7, 11) is 0. The molecule has 18 heavy (non-hydrogen) atoms. The maximum atomic E-state index is 5.75. The van der Waals surface area contributed by atoms with Gasteiger partial charge in [0.2, 0.25) is 0 Å². The Balaban J connectivity index is 1.76. The van der Waals surface area contributed by atoms with Crippen LogP contribution in [0.2, 0.25) is 0 Å². The summed E-state index contributed by atoms with van der Waals surface area (Å²) in [6.07, 6.45) is 1.70. The lowest BCUT2D eigenvalue weighted by Crippen LogP contribution is -1.99. The number of aromatic amines is 1. The highest BCUT2D eigenvalue weighted by atomic mass is 14.9. The van der Waals surface area contributed by atoms with Gasteiger partial charge in [0.05, 0.1) is 17.4 Å². The second kappa shape index (κ2) is 4.41. The average molecular weight is 238 g/mol. The molecule has 0 spiro atoms. The van der Waals surface area contributed by atoms with Gasteiger partial charge in [0, 0.05) is 17.9 Å². The Morgan fingerprint density at radius 2 is 2.11 bits per heavy atom. The van der Waals surface area contributed by atoms with Crippen LogP contribution in [0, 0.1) is 0 Å². The van der Waals surface area contributed by atoms with E-state index in [1.165, 1.54) is 5.56 Å². The third-order valence-electron chi connectivity index (χ3n) is 2.87. The SMILES string of the molecule is Nc1cccc(CNc2ccc3nc[nH]c3c2)c1. The smallest absolute Gasteiger partial charge is 0.0931 e. The van der Waals surface area contributed by atoms with E-state index in [2.05, 4.69) is 27.4 Å². The van der Waals surface area contributed by atoms with Crippen LogP contribution in [0.5, 0.6) is 0 Å². The van der Waals surface area contributed by atoms with Crippen molar-refractivity contribution in [2.75, 3.05) is 11.1 Å². The number of nitrogen functional groups attached to an aromatic ring is 1. The highest BCUT2D eigenvalue weighted by Gasteiger charge is 1.98. The Hall–Kier alpha value is -2.49. The molecule has 4 heteroatoms. The van der Waals surface area contributed by atoms with Crippen LogP contribution >= 0.6 is 0 Å². The number of benzene rings is 2. The molecule has 1 aromatic heterocycles. The van der Waals surface area contributed by atoms with Crippen molar-refractivity contribution >= 4 is 22.4 Å². The standard InChI is InChI=1S/C14H14N4/c15-11-3-1-2-10(6-11)8-16-12-4-5-13-14(7-12)18-9-17-13/h1-7,9,16H,8,15H2,(H,17,18). The lowest BCUT2D eigenvalue weighted by atomic mass is 10.2. The second-order valence-electron chi connectivity index (χ2n) is 4.23. The van der Waals surface area contributed by atoms with Crippen LogP contribution in [0.1, 0.15) is 5.56 Å². The van der Waals surface area contributed by atoms with Crippen molar-refractivity contribution in [3.8, 4) is 0 Å². The molecule has 2 aromatic carbocycles. The molecule has 0 aliphatic carbocycles. The molecule has 0 unspecified atom stereocenters. The minimum atomic E-state index is 0.755. The van der Waals surface area contributed by atoms with E-state index in [9.17, 15) is 0 Å². The van der Waals surface area contributed by atoms with Gasteiger partial charge in [-0.3, -0.25) is 0 Å². The summed E-state index contributed by atoms with van der Waals surface area (Å²) < 4.78 is 0. The van der Waals surface area contributed by atoms with Crippen LogP contribution in [0.25, 0.3) is 11.0 Å². The molecule has 0 radical (unpaired) electrons. The maximum Gasteiger partial charge on any atom is 0.0931 e. The average Bonchev–Trinajstić information content (AvgIpc) is 2.84. The Morgan fingerprint density at radius 3 is 3.00 bits per heavy atom. The molecular weight excluding hydrogens is 224 g/mol. The van der Waals surface area contributed by atoms with E-state index < -0.39 is 0 Å². The predicted molar refractivity (Wildman–Crippen MR) is 74.3 cm³/mol. The van der Waals surface area contributed by atoms with E-state index >= 15 is 0 Å². The zero-order chi connectivity index (χ0) is 12.4. The summed E-state index contributed by atoms with van der Waals surface area (Å²) in [6, 6.07) is 13.9. The van der Waals surface area contributed by atoms with Crippen molar-refractivity contribution in [3.63, 3.8) is 0 Å². The zero-order valence-corrected chi connectivity index (χ0v) is 9.85. The quantitative estimate of drug-likeness (QED) is 0.615. The van der Waals surface area contributed by atoms with Crippen molar-refractivity contribution in [1.82, 2.24) is 9.97 Å². The van der Waals surface area contributed by atoms with Gasteiger partial charge in [0.25, 0.3) is 0 Å². The Labute approximate surface area is 105 Å². The minimum Gasteiger partial charge on any atom is -0.399 e. The van der Waals surface area contributed by atoms with E-state index in [1.807, 2.05) is 30.3 Å². The molecule has 0 atom stereocenters. The molecule has 90 valence electrons. The number of rotatable bonds is 3. The number of nitrogens with zero attached hydrogens (tertiary/aromatic N) is 1. The number of nitrogens with one attached hydrogen (secondary N) is 2. The van der Waals surface area contributed by atoms with Crippen molar-refractivity contribution in [2.45, 2.75) is 6.54 Å². The molecule has 0 aliphatic rings. The van der Waals surface area contributed by atoms with E-state index in [0.717, 1.165) is 29.0 Å². The van der Waals surface area contributed by atoms with Crippen molar-refractivity contribution in [1.29, 1.82) is 0 Å². The van der Waals surface area contributed by atoms with E-state index in [1.54, 1.807) is 6.33 Å². The van der Waals surface area contributed by atoms with Gasteiger partial charge >= 0.3 is 0 Å². The lowest BCUT2D eigenvalue weighted by molar-refractivity contribution is 1.15. The topological polar surface area (TPSA) is 66.7 Å². The normalized spacial score (nSPS) is 10.7. The van der Waals surface area contributed by atoms with Crippen molar-refractivity contribution in [3.05, 3.63) is 54.4 Å². The first-order valence-corrected chi connectivity index (χ1v) is 5.83. The zero-order valence-electron chi connectivity index (χ0n) is 9.85. The van der Waals surface area contributed by atoms with Gasteiger partial charge in [-0.1, -0.05) is 12.1 Å². The van der Waals surface area contributed by atoms with Crippen molar-refractivity contribution < 1.29 is 0 Å². The highest BCUT2D eigenvalue weighted by molar-refractivity contribution is 5.78. The maximum absolute atomic E-state index is 5.75. The lowest BCUT2D eigenvalue weighted by Gasteiger charge is -2.07. The number of hydrogen-bond acceptors (Lipinski definition) is 3. The summed E-state index contributed by atoms with van der Waals surface area (Å²) in [5.41, 5.74) is 10.8.